The quantitative estimate of drug-likeness (QED) is 0.865. The van der Waals surface area contributed by atoms with E-state index >= 15 is 0 Å². The van der Waals surface area contributed by atoms with E-state index in [1.54, 1.807) is 27.8 Å². The van der Waals surface area contributed by atoms with Gasteiger partial charge in [-0.05, 0) is 51.9 Å². The third-order valence-electron chi connectivity index (χ3n) is 4.42. The molecule has 0 heterocycles. The molecule has 0 saturated heterocycles. The zero-order chi connectivity index (χ0) is 16.4. The fourth-order valence-corrected chi connectivity index (χ4v) is 3.01. The van der Waals surface area contributed by atoms with Crippen molar-refractivity contribution in [2.75, 3.05) is 7.05 Å². The average molecular weight is 299 g/mol. The highest BCUT2D eigenvalue weighted by Crippen LogP contribution is 2.40. The molecular formula is C16H29NO4. The Morgan fingerprint density at radius 1 is 1.33 bits per heavy atom. The molecule has 1 saturated carbocycles. The van der Waals surface area contributed by atoms with Crippen molar-refractivity contribution in [3.8, 4) is 0 Å². The van der Waals surface area contributed by atoms with Crippen molar-refractivity contribution in [2.45, 2.75) is 71.4 Å². The van der Waals surface area contributed by atoms with E-state index in [0.717, 1.165) is 12.8 Å². The van der Waals surface area contributed by atoms with Crippen LogP contribution in [0.3, 0.4) is 0 Å². The summed E-state index contributed by atoms with van der Waals surface area (Å²) in [6.07, 6.45) is 2.27. The summed E-state index contributed by atoms with van der Waals surface area (Å²) in [4.78, 5) is 25.5. The monoisotopic (exact) mass is 299 g/mol. The van der Waals surface area contributed by atoms with Crippen LogP contribution in [0.25, 0.3) is 0 Å². The molecule has 0 aliphatic heterocycles. The second-order valence-corrected chi connectivity index (χ2v) is 7.48. The predicted molar refractivity (Wildman–Crippen MR) is 81.2 cm³/mol. The standard InChI is InChI=1S/C16H29NO4/c1-11(2)12-8-7-9-16(10-12,13(18)19)17(6)14(20)21-15(3,4)5/h11-12H,7-10H2,1-6H3,(H,18,19). The van der Waals surface area contributed by atoms with Crippen LogP contribution >= 0.6 is 0 Å². The van der Waals surface area contributed by atoms with E-state index in [-0.39, 0.29) is 0 Å². The number of carbonyl (C=O) groups is 2. The largest absolute Gasteiger partial charge is 0.479 e. The highest BCUT2D eigenvalue weighted by molar-refractivity contribution is 5.84. The summed E-state index contributed by atoms with van der Waals surface area (Å²) < 4.78 is 5.35. The van der Waals surface area contributed by atoms with Gasteiger partial charge in [-0.25, -0.2) is 9.59 Å². The molecule has 0 aromatic carbocycles. The predicted octanol–water partition coefficient (Wildman–Crippen LogP) is 3.52. The lowest BCUT2D eigenvalue weighted by Crippen LogP contribution is -2.58. The Morgan fingerprint density at radius 2 is 1.90 bits per heavy atom. The van der Waals surface area contributed by atoms with E-state index in [9.17, 15) is 14.7 Å². The van der Waals surface area contributed by atoms with Gasteiger partial charge in [-0.15, -0.1) is 0 Å². The molecule has 5 nitrogen and oxygen atoms in total. The molecule has 0 radical (unpaired) electrons. The number of carbonyl (C=O) groups excluding carboxylic acids is 1. The van der Waals surface area contributed by atoms with Gasteiger partial charge in [-0.2, -0.15) is 0 Å². The SMILES string of the molecule is CC(C)C1CCCC(C(=O)O)(N(C)C(=O)OC(C)(C)C)C1. The first kappa shape index (κ1) is 17.8. The molecule has 0 bridgehead atoms. The summed E-state index contributed by atoms with van der Waals surface area (Å²) >= 11 is 0. The molecule has 122 valence electrons. The normalized spacial score (nSPS) is 26.5. The van der Waals surface area contributed by atoms with Crippen LogP contribution in [0.15, 0.2) is 0 Å². The number of aliphatic carboxylic acids is 1. The second kappa shape index (κ2) is 6.24. The van der Waals surface area contributed by atoms with Crippen LogP contribution in [0, 0.1) is 11.8 Å². The van der Waals surface area contributed by atoms with Crippen molar-refractivity contribution >= 4 is 12.1 Å². The van der Waals surface area contributed by atoms with Gasteiger partial charge in [0.05, 0.1) is 0 Å². The Morgan fingerprint density at radius 3 is 2.33 bits per heavy atom. The van der Waals surface area contributed by atoms with E-state index in [1.807, 2.05) is 0 Å². The number of nitrogens with zero attached hydrogens (tertiary/aromatic N) is 1. The number of hydrogen-bond acceptors (Lipinski definition) is 3. The van der Waals surface area contributed by atoms with Crippen LogP contribution in [0.2, 0.25) is 0 Å². The number of rotatable bonds is 3. The fraction of sp³-hybridized carbons (Fsp3) is 0.875. The number of carboxylic acids is 1. The molecular weight excluding hydrogens is 270 g/mol. The molecule has 0 aromatic rings. The van der Waals surface area contributed by atoms with Crippen molar-refractivity contribution < 1.29 is 19.4 Å². The molecule has 2 unspecified atom stereocenters. The molecule has 1 aliphatic carbocycles. The Labute approximate surface area is 127 Å². The number of ether oxygens (including phenoxy) is 1. The average Bonchev–Trinajstić information content (AvgIpc) is 2.35. The summed E-state index contributed by atoms with van der Waals surface area (Å²) in [6, 6.07) is 0. The van der Waals surface area contributed by atoms with Crippen molar-refractivity contribution in [1.29, 1.82) is 0 Å². The Balaban J connectivity index is 2.99. The smallest absolute Gasteiger partial charge is 0.410 e. The number of carboxylic acid groups (broad SMARTS) is 1. The van der Waals surface area contributed by atoms with Crippen molar-refractivity contribution in [3.05, 3.63) is 0 Å². The number of amides is 1. The lowest BCUT2D eigenvalue weighted by molar-refractivity contribution is -0.154. The van der Waals surface area contributed by atoms with Gasteiger partial charge in [-0.1, -0.05) is 20.3 Å². The van der Waals surface area contributed by atoms with Gasteiger partial charge in [-0.3, -0.25) is 4.90 Å². The minimum absolute atomic E-state index is 0.319. The molecule has 1 aliphatic rings. The minimum atomic E-state index is -1.14. The van der Waals surface area contributed by atoms with Crippen LogP contribution in [0.1, 0.15) is 60.3 Å². The number of likely N-dealkylation sites (N-methyl/N-ethyl adjacent to an activating group) is 1. The van der Waals surface area contributed by atoms with Crippen molar-refractivity contribution in [2.24, 2.45) is 11.8 Å². The summed E-state index contributed by atoms with van der Waals surface area (Å²) in [7, 11) is 1.55. The first-order chi connectivity index (χ1) is 9.49. The van der Waals surface area contributed by atoms with Gasteiger partial charge in [0.25, 0.3) is 0 Å². The third kappa shape index (κ3) is 4.11. The lowest BCUT2D eigenvalue weighted by Gasteiger charge is -2.44. The molecule has 1 amide bonds. The van der Waals surface area contributed by atoms with Crippen LogP contribution in [-0.2, 0) is 9.53 Å². The molecule has 1 rings (SSSR count). The molecule has 0 spiro atoms. The van der Waals surface area contributed by atoms with E-state index in [1.165, 1.54) is 4.90 Å². The highest BCUT2D eigenvalue weighted by Gasteiger charge is 2.49. The topological polar surface area (TPSA) is 66.8 Å². The van der Waals surface area contributed by atoms with E-state index < -0.39 is 23.2 Å². The van der Waals surface area contributed by atoms with Gasteiger partial charge < -0.3 is 9.84 Å². The van der Waals surface area contributed by atoms with Gasteiger partial charge in [0.15, 0.2) is 0 Å². The van der Waals surface area contributed by atoms with Crippen LogP contribution in [0.5, 0.6) is 0 Å². The third-order valence-corrected chi connectivity index (χ3v) is 4.42. The highest BCUT2D eigenvalue weighted by atomic mass is 16.6. The number of hydrogen-bond donors (Lipinski definition) is 1. The molecule has 0 aromatic heterocycles. The molecule has 2 atom stereocenters. The Hall–Kier alpha value is -1.26. The molecule has 5 heteroatoms. The maximum absolute atomic E-state index is 12.3. The van der Waals surface area contributed by atoms with Crippen LogP contribution in [-0.4, -0.2) is 40.3 Å². The Kier molecular flexibility index (Phi) is 5.29. The molecule has 21 heavy (non-hydrogen) atoms. The van der Waals surface area contributed by atoms with Gasteiger partial charge >= 0.3 is 12.1 Å². The van der Waals surface area contributed by atoms with Gasteiger partial charge in [0, 0.05) is 7.05 Å². The minimum Gasteiger partial charge on any atom is -0.479 e. The Bertz CT molecular complexity index is 400. The summed E-state index contributed by atoms with van der Waals surface area (Å²) in [5, 5.41) is 9.76. The maximum atomic E-state index is 12.3. The van der Waals surface area contributed by atoms with Crippen molar-refractivity contribution in [1.82, 2.24) is 4.90 Å². The maximum Gasteiger partial charge on any atom is 0.410 e. The summed E-state index contributed by atoms with van der Waals surface area (Å²) in [5.74, 6) is -0.197. The molecule has 1 N–H and O–H groups in total. The summed E-state index contributed by atoms with van der Waals surface area (Å²) in [6.45, 7) is 9.56. The summed E-state index contributed by atoms with van der Waals surface area (Å²) in [5.41, 5.74) is -1.77. The molecule has 1 fully saturated rings. The zero-order valence-corrected chi connectivity index (χ0v) is 14.1. The van der Waals surface area contributed by atoms with E-state index in [0.29, 0.717) is 24.7 Å². The van der Waals surface area contributed by atoms with E-state index in [4.69, 9.17) is 4.74 Å². The van der Waals surface area contributed by atoms with Gasteiger partial charge in [0.2, 0.25) is 0 Å². The van der Waals surface area contributed by atoms with E-state index in [2.05, 4.69) is 13.8 Å². The fourth-order valence-electron chi connectivity index (χ4n) is 3.01. The zero-order valence-electron chi connectivity index (χ0n) is 14.1. The second-order valence-electron chi connectivity index (χ2n) is 7.48. The first-order valence-corrected chi connectivity index (χ1v) is 7.70. The lowest BCUT2D eigenvalue weighted by atomic mass is 9.71. The van der Waals surface area contributed by atoms with Crippen molar-refractivity contribution in [3.63, 3.8) is 0 Å². The van der Waals surface area contributed by atoms with Crippen LogP contribution in [0.4, 0.5) is 4.79 Å². The van der Waals surface area contributed by atoms with Gasteiger partial charge in [0.1, 0.15) is 11.1 Å². The first-order valence-electron chi connectivity index (χ1n) is 7.70. The van der Waals surface area contributed by atoms with Crippen LogP contribution < -0.4 is 0 Å².